The van der Waals surface area contributed by atoms with Gasteiger partial charge < -0.3 is 4.90 Å². The van der Waals surface area contributed by atoms with Crippen molar-refractivity contribution in [3.05, 3.63) is 30.0 Å². The molecular weight excluding hydrogens is 302 g/mol. The lowest BCUT2D eigenvalue weighted by Gasteiger charge is -2.32. The highest BCUT2D eigenvalue weighted by Gasteiger charge is 2.27. The van der Waals surface area contributed by atoms with Crippen LogP contribution in [0, 0.1) is 6.92 Å². The molecule has 118 valence electrons. The van der Waals surface area contributed by atoms with Gasteiger partial charge in [0, 0.05) is 31.5 Å². The Morgan fingerprint density at radius 1 is 1.32 bits per heavy atom. The van der Waals surface area contributed by atoms with Crippen molar-refractivity contribution in [2.24, 2.45) is 0 Å². The molecule has 0 aliphatic carbocycles. The monoisotopic (exact) mass is 321 g/mol. The number of piperidine rings is 1. The van der Waals surface area contributed by atoms with Crippen LogP contribution in [0.1, 0.15) is 30.3 Å². The fourth-order valence-electron chi connectivity index (χ4n) is 2.89. The molecule has 0 bridgehead atoms. The predicted octanol–water partition coefficient (Wildman–Crippen LogP) is 1.30. The molecule has 3 rings (SSSR count). The largest absolute Gasteiger partial charge is 0.356 e. The zero-order chi connectivity index (χ0) is 15.7. The number of hydrogen-bond donors (Lipinski definition) is 1. The molecule has 0 radical (unpaired) electrons. The number of aromatic amines is 1. The maximum atomic E-state index is 11.8. The number of H-pyrrole nitrogens is 1. The van der Waals surface area contributed by atoms with Crippen molar-refractivity contribution in [1.82, 2.24) is 20.2 Å². The van der Waals surface area contributed by atoms with E-state index in [2.05, 4.69) is 25.1 Å². The summed E-state index contributed by atoms with van der Waals surface area (Å²) in [6.07, 6.45) is 6.13. The van der Waals surface area contributed by atoms with Gasteiger partial charge in [-0.2, -0.15) is 5.10 Å². The lowest BCUT2D eigenvalue weighted by atomic mass is 9.93. The fourth-order valence-corrected chi connectivity index (χ4v) is 3.75. The lowest BCUT2D eigenvalue weighted by Crippen LogP contribution is -2.34. The van der Waals surface area contributed by atoms with Crippen LogP contribution >= 0.6 is 0 Å². The van der Waals surface area contributed by atoms with Gasteiger partial charge in [-0.3, -0.25) is 5.10 Å². The maximum Gasteiger partial charge on any atom is 0.178 e. The first-order chi connectivity index (χ1) is 10.4. The third-order valence-corrected chi connectivity index (χ3v) is 5.14. The molecule has 2 aromatic heterocycles. The number of hydrogen-bond acceptors (Lipinski definition) is 6. The molecular formula is C14H19N5O2S. The highest BCUT2D eigenvalue weighted by Crippen LogP contribution is 2.32. The number of sulfone groups is 1. The SMILES string of the molecule is Cc1nccc(N2CCC(c3[nH]ncc3S(C)(=O)=O)CC2)n1. The van der Waals surface area contributed by atoms with E-state index >= 15 is 0 Å². The second kappa shape index (κ2) is 5.68. The topological polar surface area (TPSA) is 91.8 Å². The van der Waals surface area contributed by atoms with Gasteiger partial charge >= 0.3 is 0 Å². The minimum atomic E-state index is -3.24. The minimum Gasteiger partial charge on any atom is -0.356 e. The summed E-state index contributed by atoms with van der Waals surface area (Å²) < 4.78 is 23.6. The van der Waals surface area contributed by atoms with Crippen LogP contribution in [-0.4, -0.2) is 47.9 Å². The van der Waals surface area contributed by atoms with Crippen LogP contribution in [0.5, 0.6) is 0 Å². The van der Waals surface area contributed by atoms with Gasteiger partial charge in [-0.15, -0.1) is 0 Å². The number of aromatic nitrogens is 4. The molecule has 8 heteroatoms. The summed E-state index contributed by atoms with van der Waals surface area (Å²) in [5, 5.41) is 6.79. The van der Waals surface area contributed by atoms with E-state index in [-0.39, 0.29) is 5.92 Å². The van der Waals surface area contributed by atoms with Gasteiger partial charge in [-0.05, 0) is 25.8 Å². The van der Waals surface area contributed by atoms with Gasteiger partial charge in [0.2, 0.25) is 0 Å². The average molecular weight is 321 g/mol. The molecule has 1 aliphatic heterocycles. The van der Waals surface area contributed by atoms with Crippen molar-refractivity contribution in [3.63, 3.8) is 0 Å². The molecule has 1 aliphatic rings. The zero-order valence-corrected chi connectivity index (χ0v) is 13.5. The number of anilines is 1. The van der Waals surface area contributed by atoms with Crippen molar-refractivity contribution in [2.75, 3.05) is 24.2 Å². The van der Waals surface area contributed by atoms with Gasteiger partial charge in [0.15, 0.2) is 9.84 Å². The molecule has 0 amide bonds. The Labute approximate surface area is 129 Å². The summed E-state index contributed by atoms with van der Waals surface area (Å²) in [7, 11) is -3.24. The molecule has 2 aromatic rings. The van der Waals surface area contributed by atoms with Crippen LogP contribution in [0.3, 0.4) is 0 Å². The third-order valence-electron chi connectivity index (χ3n) is 4.02. The van der Waals surface area contributed by atoms with Crippen molar-refractivity contribution >= 4 is 15.7 Å². The molecule has 3 heterocycles. The van der Waals surface area contributed by atoms with Crippen LogP contribution < -0.4 is 4.90 Å². The molecule has 7 nitrogen and oxygen atoms in total. The van der Waals surface area contributed by atoms with E-state index in [1.807, 2.05) is 13.0 Å². The van der Waals surface area contributed by atoms with Gasteiger partial charge in [0.25, 0.3) is 0 Å². The standard InChI is InChI=1S/C14H19N5O2S/c1-10-15-6-3-13(17-10)19-7-4-11(5-8-19)14-12(9-16-18-14)22(2,20)21/h3,6,9,11H,4-5,7-8H2,1-2H3,(H,16,18). The average Bonchev–Trinajstić information content (AvgIpc) is 2.97. The van der Waals surface area contributed by atoms with Crippen LogP contribution in [0.15, 0.2) is 23.4 Å². The molecule has 0 saturated carbocycles. The first-order valence-electron chi connectivity index (χ1n) is 7.23. The van der Waals surface area contributed by atoms with E-state index in [1.54, 1.807) is 6.20 Å². The van der Waals surface area contributed by atoms with Crippen molar-refractivity contribution in [2.45, 2.75) is 30.6 Å². The molecule has 0 spiro atoms. The Kier molecular flexibility index (Phi) is 3.86. The number of nitrogens with zero attached hydrogens (tertiary/aromatic N) is 4. The molecule has 1 N–H and O–H groups in total. The Hall–Kier alpha value is -1.96. The number of aryl methyl sites for hydroxylation is 1. The number of nitrogens with one attached hydrogen (secondary N) is 1. The molecule has 22 heavy (non-hydrogen) atoms. The lowest BCUT2D eigenvalue weighted by molar-refractivity contribution is 0.486. The fraction of sp³-hybridized carbons (Fsp3) is 0.500. The highest BCUT2D eigenvalue weighted by molar-refractivity contribution is 7.90. The van der Waals surface area contributed by atoms with Gasteiger partial charge in [0.05, 0.1) is 11.9 Å². The van der Waals surface area contributed by atoms with Crippen LogP contribution in [-0.2, 0) is 9.84 Å². The first kappa shape index (κ1) is 15.0. The quantitative estimate of drug-likeness (QED) is 0.916. The van der Waals surface area contributed by atoms with E-state index in [9.17, 15) is 8.42 Å². The van der Waals surface area contributed by atoms with E-state index in [0.717, 1.165) is 43.3 Å². The first-order valence-corrected chi connectivity index (χ1v) is 9.12. The summed E-state index contributed by atoms with van der Waals surface area (Å²) >= 11 is 0. The van der Waals surface area contributed by atoms with Gasteiger partial charge in [0.1, 0.15) is 16.5 Å². The van der Waals surface area contributed by atoms with Crippen LogP contribution in [0.4, 0.5) is 5.82 Å². The third kappa shape index (κ3) is 2.96. The Morgan fingerprint density at radius 2 is 2.05 bits per heavy atom. The predicted molar refractivity (Wildman–Crippen MR) is 82.7 cm³/mol. The number of rotatable bonds is 3. The van der Waals surface area contributed by atoms with Crippen LogP contribution in [0.25, 0.3) is 0 Å². The second-order valence-electron chi connectivity index (χ2n) is 5.64. The molecule has 0 atom stereocenters. The Balaban J connectivity index is 1.74. The smallest absolute Gasteiger partial charge is 0.178 e. The van der Waals surface area contributed by atoms with Crippen molar-refractivity contribution in [3.8, 4) is 0 Å². The van der Waals surface area contributed by atoms with Crippen molar-refractivity contribution < 1.29 is 8.42 Å². The summed E-state index contributed by atoms with van der Waals surface area (Å²) in [5.74, 6) is 1.87. The summed E-state index contributed by atoms with van der Waals surface area (Å²) in [5.41, 5.74) is 0.737. The Morgan fingerprint density at radius 3 is 2.68 bits per heavy atom. The molecule has 1 fully saturated rings. The summed E-state index contributed by atoms with van der Waals surface area (Å²) in [6, 6.07) is 1.91. The van der Waals surface area contributed by atoms with Gasteiger partial charge in [-0.1, -0.05) is 0 Å². The maximum absolute atomic E-state index is 11.8. The van der Waals surface area contributed by atoms with E-state index in [0.29, 0.717) is 4.90 Å². The van der Waals surface area contributed by atoms with Gasteiger partial charge in [-0.25, -0.2) is 18.4 Å². The minimum absolute atomic E-state index is 0.186. The Bertz CT molecular complexity index is 763. The van der Waals surface area contributed by atoms with E-state index in [4.69, 9.17) is 0 Å². The molecule has 0 unspecified atom stereocenters. The highest BCUT2D eigenvalue weighted by atomic mass is 32.2. The van der Waals surface area contributed by atoms with Crippen molar-refractivity contribution in [1.29, 1.82) is 0 Å². The zero-order valence-electron chi connectivity index (χ0n) is 12.7. The molecule has 0 aromatic carbocycles. The summed E-state index contributed by atoms with van der Waals surface area (Å²) in [4.78, 5) is 11.1. The summed E-state index contributed by atoms with van der Waals surface area (Å²) in [6.45, 7) is 3.55. The van der Waals surface area contributed by atoms with Crippen LogP contribution in [0.2, 0.25) is 0 Å². The normalized spacial score (nSPS) is 16.9. The van der Waals surface area contributed by atoms with E-state index < -0.39 is 9.84 Å². The molecule has 1 saturated heterocycles. The van der Waals surface area contributed by atoms with E-state index in [1.165, 1.54) is 12.5 Å². The second-order valence-corrected chi connectivity index (χ2v) is 7.63.